The predicted molar refractivity (Wildman–Crippen MR) is 126 cm³/mol. The molecule has 1 N–H and O–H groups in total. The van der Waals surface area contributed by atoms with Gasteiger partial charge in [-0.2, -0.15) is 0 Å². The van der Waals surface area contributed by atoms with Crippen LogP contribution in [0.15, 0.2) is 53.5 Å². The van der Waals surface area contributed by atoms with Gasteiger partial charge in [0.05, 0.1) is 12.6 Å². The van der Waals surface area contributed by atoms with Crippen molar-refractivity contribution >= 4 is 11.8 Å². The van der Waals surface area contributed by atoms with Crippen LogP contribution in [-0.4, -0.2) is 40.5 Å². The van der Waals surface area contributed by atoms with Crippen LogP contribution >= 0.6 is 0 Å². The summed E-state index contributed by atoms with van der Waals surface area (Å²) in [7, 11) is 0. The van der Waals surface area contributed by atoms with E-state index in [9.17, 15) is 23.2 Å². The van der Waals surface area contributed by atoms with E-state index >= 15 is 0 Å². The third-order valence-corrected chi connectivity index (χ3v) is 6.31. The van der Waals surface area contributed by atoms with Crippen molar-refractivity contribution in [2.24, 2.45) is 0 Å². The molecule has 1 aromatic carbocycles. The van der Waals surface area contributed by atoms with Crippen molar-refractivity contribution in [2.45, 2.75) is 45.3 Å². The first kappa shape index (κ1) is 24.4. The van der Waals surface area contributed by atoms with E-state index in [-0.39, 0.29) is 53.7 Å². The van der Waals surface area contributed by atoms with Crippen LogP contribution in [0, 0.1) is 11.6 Å². The second-order valence-corrected chi connectivity index (χ2v) is 8.73. The number of aromatic nitrogens is 1. The summed E-state index contributed by atoms with van der Waals surface area (Å²) in [6.07, 6.45) is 6.52. The molecule has 2 aromatic rings. The van der Waals surface area contributed by atoms with Crippen LogP contribution in [0.25, 0.3) is 0 Å². The van der Waals surface area contributed by atoms with E-state index in [2.05, 4.69) is 11.9 Å². The molecule has 0 aliphatic carbocycles. The maximum absolute atomic E-state index is 14.0. The summed E-state index contributed by atoms with van der Waals surface area (Å²) in [5, 5.41) is 2.51. The van der Waals surface area contributed by atoms with Crippen LogP contribution in [0.3, 0.4) is 0 Å². The number of benzene rings is 1. The van der Waals surface area contributed by atoms with Gasteiger partial charge in [0.1, 0.15) is 17.2 Å². The molecule has 0 unspecified atom stereocenters. The van der Waals surface area contributed by atoms with Gasteiger partial charge in [-0.1, -0.05) is 38.1 Å². The number of amides is 2. The zero-order chi connectivity index (χ0) is 25.3. The maximum Gasteiger partial charge on any atom is 0.275 e. The van der Waals surface area contributed by atoms with Gasteiger partial charge >= 0.3 is 0 Å². The van der Waals surface area contributed by atoms with E-state index in [4.69, 9.17) is 4.74 Å². The zero-order valence-electron chi connectivity index (χ0n) is 19.6. The van der Waals surface area contributed by atoms with Crippen LogP contribution in [0.5, 0.6) is 5.75 Å². The molecule has 2 aliphatic rings. The van der Waals surface area contributed by atoms with Crippen LogP contribution < -0.4 is 15.5 Å². The molecule has 1 aromatic heterocycles. The van der Waals surface area contributed by atoms with Gasteiger partial charge < -0.3 is 19.5 Å². The number of hydrogen-bond donors (Lipinski definition) is 1. The van der Waals surface area contributed by atoms with E-state index in [1.807, 2.05) is 26.0 Å². The second-order valence-electron chi connectivity index (χ2n) is 8.73. The van der Waals surface area contributed by atoms with Gasteiger partial charge in [0, 0.05) is 37.0 Å². The highest BCUT2D eigenvalue weighted by Gasteiger charge is 2.39. The Hall–Kier alpha value is -3.75. The van der Waals surface area contributed by atoms with E-state index in [0.717, 1.165) is 24.1 Å². The number of fused-ring (bicyclic) bond motifs is 4. The Morgan fingerprint density at radius 3 is 2.77 bits per heavy atom. The highest BCUT2D eigenvalue weighted by molar-refractivity contribution is 5.99. The number of nitrogens with one attached hydrogen (secondary N) is 1. The summed E-state index contributed by atoms with van der Waals surface area (Å²) in [5.74, 6) is -2.84. The van der Waals surface area contributed by atoms with Crippen LogP contribution in [0.1, 0.15) is 59.1 Å². The van der Waals surface area contributed by atoms with Crippen molar-refractivity contribution in [2.75, 3.05) is 13.2 Å². The normalized spacial score (nSPS) is 18.8. The van der Waals surface area contributed by atoms with Gasteiger partial charge in [0.15, 0.2) is 11.4 Å². The fraction of sp³-hybridized carbons (Fsp3) is 0.346. The monoisotopic (exact) mass is 483 g/mol. The summed E-state index contributed by atoms with van der Waals surface area (Å²) < 4.78 is 34.6. The summed E-state index contributed by atoms with van der Waals surface area (Å²) in [6, 6.07) is 2.43. The second kappa shape index (κ2) is 9.85. The fourth-order valence-corrected chi connectivity index (χ4v) is 4.23. The molecule has 0 radical (unpaired) electrons. The molecule has 3 heterocycles. The summed E-state index contributed by atoms with van der Waals surface area (Å²) in [5.41, 5.74) is -0.0857. The SMILES string of the molecule is C=C1C=C[C@H](C)N2C[C@H]1n1cc(C(=O)NCc3ccc(F)cc3F)c(=O)c(OCCCC)c1C2=O. The Bertz CT molecular complexity index is 1280. The minimum Gasteiger partial charge on any atom is -0.487 e. The highest BCUT2D eigenvalue weighted by atomic mass is 19.1. The number of unbranched alkanes of at least 4 members (excludes halogenated alkanes) is 1. The van der Waals surface area contributed by atoms with E-state index in [0.29, 0.717) is 13.0 Å². The smallest absolute Gasteiger partial charge is 0.275 e. The van der Waals surface area contributed by atoms with Crippen molar-refractivity contribution in [3.63, 3.8) is 0 Å². The zero-order valence-corrected chi connectivity index (χ0v) is 19.6. The first-order valence-electron chi connectivity index (χ1n) is 11.5. The third kappa shape index (κ3) is 4.62. The summed E-state index contributed by atoms with van der Waals surface area (Å²) in [6.45, 7) is 8.24. The van der Waals surface area contributed by atoms with E-state index in [1.165, 1.54) is 12.3 Å². The third-order valence-electron chi connectivity index (χ3n) is 6.31. The first-order valence-corrected chi connectivity index (χ1v) is 11.5. The summed E-state index contributed by atoms with van der Waals surface area (Å²) >= 11 is 0. The average molecular weight is 484 g/mol. The molecule has 2 atom stereocenters. The molecule has 184 valence electrons. The lowest BCUT2D eigenvalue weighted by molar-refractivity contribution is 0.0641. The number of allylic oxidation sites excluding steroid dienone is 1. The number of pyridine rings is 1. The lowest BCUT2D eigenvalue weighted by atomic mass is 10.0. The number of carbonyl (C=O) groups excluding carboxylic acids is 2. The largest absolute Gasteiger partial charge is 0.487 e. The van der Waals surface area contributed by atoms with Gasteiger partial charge in [0.25, 0.3) is 11.8 Å². The van der Waals surface area contributed by atoms with Crippen molar-refractivity contribution in [3.8, 4) is 5.75 Å². The molecule has 0 spiro atoms. The Labute approximate surface area is 201 Å². The number of halogens is 2. The molecular formula is C26H27F2N3O4. The lowest BCUT2D eigenvalue weighted by Gasteiger charge is -2.37. The maximum atomic E-state index is 14.0. The van der Waals surface area contributed by atoms with Crippen molar-refractivity contribution in [1.82, 2.24) is 14.8 Å². The minimum absolute atomic E-state index is 0.0688. The van der Waals surface area contributed by atoms with Crippen LogP contribution in [0.2, 0.25) is 0 Å². The predicted octanol–water partition coefficient (Wildman–Crippen LogP) is 3.75. The van der Waals surface area contributed by atoms with Gasteiger partial charge in [-0.3, -0.25) is 14.4 Å². The Morgan fingerprint density at radius 2 is 2.06 bits per heavy atom. The standard InChI is InChI=1S/C26H27F2N3O4/c1-4-5-10-35-24-22-26(34)30-14-21(15(2)6-7-16(30)3)31(22)13-19(23(24)32)25(33)29-12-17-8-9-18(27)11-20(17)28/h6-9,11,13,16,21H,2,4-5,10,12,14H2,1,3H3,(H,29,33)/t16-,21+/m0/s1. The van der Waals surface area contributed by atoms with Crippen molar-refractivity contribution in [1.29, 1.82) is 0 Å². The molecule has 7 nitrogen and oxygen atoms in total. The Morgan fingerprint density at radius 1 is 1.29 bits per heavy atom. The van der Waals surface area contributed by atoms with Crippen molar-refractivity contribution < 1.29 is 23.1 Å². The molecule has 4 rings (SSSR count). The average Bonchev–Trinajstić information content (AvgIpc) is 2.95. The Kier molecular flexibility index (Phi) is 6.86. The number of hydrogen-bond acceptors (Lipinski definition) is 4. The molecule has 0 fully saturated rings. The van der Waals surface area contributed by atoms with Gasteiger partial charge in [0.2, 0.25) is 5.43 Å². The lowest BCUT2D eigenvalue weighted by Crippen LogP contribution is -2.48. The topological polar surface area (TPSA) is 80.6 Å². The molecule has 35 heavy (non-hydrogen) atoms. The molecule has 9 heteroatoms. The molecular weight excluding hydrogens is 456 g/mol. The molecule has 0 saturated carbocycles. The van der Waals surface area contributed by atoms with Crippen LogP contribution in [-0.2, 0) is 6.54 Å². The number of nitrogens with zero attached hydrogens (tertiary/aromatic N) is 2. The number of ether oxygens (including phenoxy) is 1. The Balaban J connectivity index is 1.76. The number of carbonyl (C=O) groups is 2. The minimum atomic E-state index is -0.808. The highest BCUT2D eigenvalue weighted by Crippen LogP contribution is 2.34. The summed E-state index contributed by atoms with van der Waals surface area (Å²) in [4.78, 5) is 41.5. The molecule has 0 saturated heterocycles. The molecule has 2 bridgehead atoms. The van der Waals surface area contributed by atoms with Gasteiger partial charge in [-0.25, -0.2) is 8.78 Å². The molecule has 2 amide bonds. The van der Waals surface area contributed by atoms with E-state index < -0.39 is 23.0 Å². The first-order chi connectivity index (χ1) is 16.7. The van der Waals surface area contributed by atoms with Gasteiger partial charge in [-0.15, -0.1) is 0 Å². The molecule has 2 aliphatic heterocycles. The van der Waals surface area contributed by atoms with Gasteiger partial charge in [-0.05, 0) is 25.0 Å². The van der Waals surface area contributed by atoms with E-state index in [1.54, 1.807) is 9.47 Å². The quantitative estimate of drug-likeness (QED) is 0.609. The van der Waals surface area contributed by atoms with Crippen molar-refractivity contribution in [3.05, 3.63) is 87.4 Å². The number of rotatable bonds is 7. The fourth-order valence-electron chi connectivity index (χ4n) is 4.23. The van der Waals surface area contributed by atoms with Crippen LogP contribution in [0.4, 0.5) is 8.78 Å².